The van der Waals surface area contributed by atoms with Gasteiger partial charge in [-0.05, 0) is 80.7 Å². The number of ketones is 1. The molecule has 0 unspecified atom stereocenters. The summed E-state index contributed by atoms with van der Waals surface area (Å²) in [6.45, 7) is 16.7. The van der Waals surface area contributed by atoms with Gasteiger partial charge < -0.3 is 10.1 Å². The molecule has 1 heterocycles. The number of nitrogens with zero attached hydrogens (tertiary/aromatic N) is 1. The van der Waals surface area contributed by atoms with Crippen LogP contribution in [0.2, 0.25) is 0 Å². The van der Waals surface area contributed by atoms with E-state index >= 15 is 0 Å². The van der Waals surface area contributed by atoms with Gasteiger partial charge >= 0.3 is 0 Å². The molecule has 0 saturated carbocycles. The van der Waals surface area contributed by atoms with Gasteiger partial charge in [-0.25, -0.2) is 0 Å². The first-order chi connectivity index (χ1) is 21.0. The van der Waals surface area contributed by atoms with Gasteiger partial charge in [-0.3, -0.25) is 4.79 Å². The summed E-state index contributed by atoms with van der Waals surface area (Å²) < 4.78 is 0. The standard InChI is InChI=1S/C26H18N.C15H28O2.Ir/c1-26(2)22-10-6-5-9-20(22)25-24-19(13-14-27-25)18-12-11-16-7-3-4-8-17(16)21(18)15-23(24)26;1-7-14(5,8-2)12(16)11-13(17)15(6,9-3)10-4;/h3-8,10-15H,1-2H3;11,16H,7-10H2,1-6H3;/q-1;;/b;12-11-;. The van der Waals surface area contributed by atoms with E-state index in [0.29, 0.717) is 0 Å². The summed E-state index contributed by atoms with van der Waals surface area (Å²) in [6, 6.07) is 27.5. The van der Waals surface area contributed by atoms with E-state index in [-0.39, 0.29) is 47.9 Å². The summed E-state index contributed by atoms with van der Waals surface area (Å²) in [4.78, 5) is 17.0. The Balaban J connectivity index is 0.000000226. The topological polar surface area (TPSA) is 50.2 Å². The number of aliphatic hydroxyl groups excluding tert-OH is 1. The number of hydrogen-bond acceptors (Lipinski definition) is 3. The van der Waals surface area contributed by atoms with Gasteiger partial charge in [0.15, 0.2) is 5.78 Å². The average Bonchev–Trinajstić information content (AvgIpc) is 3.06. The maximum Gasteiger partial charge on any atom is 0.164 e. The summed E-state index contributed by atoms with van der Waals surface area (Å²) in [5, 5.41) is 17.9. The Labute approximate surface area is 282 Å². The number of carbonyl (C=O) groups excluding carboxylic acids is 1. The molecule has 0 atom stereocenters. The SMILES string of the molecule is CC1(C)c2ccc[c-]c2-c2nccc3c2c1cc1c2ccccc2ccc31.CCC(C)(CC)C(=O)/C=C(\O)C(C)(CC)CC.[Ir]. The summed E-state index contributed by atoms with van der Waals surface area (Å²) in [6.07, 6.45) is 6.70. The Morgan fingerprint density at radius 1 is 0.822 bits per heavy atom. The normalized spacial score (nSPS) is 14.0. The molecule has 0 bridgehead atoms. The van der Waals surface area contributed by atoms with Gasteiger partial charge in [0, 0.05) is 43.2 Å². The maximum atomic E-state index is 12.2. The van der Waals surface area contributed by atoms with E-state index < -0.39 is 0 Å². The number of allylic oxidation sites excluding steroid dienone is 2. The van der Waals surface area contributed by atoms with Crippen LogP contribution in [-0.2, 0) is 30.3 Å². The minimum Gasteiger partial charge on any atom is -0.512 e. The van der Waals surface area contributed by atoms with Gasteiger partial charge in [0.2, 0.25) is 0 Å². The molecule has 1 N–H and O–H groups in total. The fourth-order valence-corrected chi connectivity index (χ4v) is 6.53. The van der Waals surface area contributed by atoms with Crippen LogP contribution in [0, 0.1) is 16.9 Å². The molecule has 237 valence electrons. The third-order valence-electron chi connectivity index (χ3n) is 10.8. The Morgan fingerprint density at radius 2 is 1.49 bits per heavy atom. The van der Waals surface area contributed by atoms with Crippen LogP contribution in [0.4, 0.5) is 0 Å². The van der Waals surface area contributed by atoms with Crippen molar-refractivity contribution in [3.63, 3.8) is 0 Å². The number of hydrogen-bond donors (Lipinski definition) is 1. The maximum absolute atomic E-state index is 12.2. The van der Waals surface area contributed by atoms with Gasteiger partial charge in [0.05, 0.1) is 0 Å². The number of benzene rings is 4. The fourth-order valence-electron chi connectivity index (χ4n) is 6.53. The zero-order chi connectivity index (χ0) is 31.9. The predicted octanol–water partition coefficient (Wildman–Crippen LogP) is 11.3. The number of rotatable bonds is 7. The third-order valence-corrected chi connectivity index (χ3v) is 10.8. The molecule has 5 aromatic rings. The molecule has 1 radical (unpaired) electrons. The van der Waals surface area contributed by atoms with E-state index in [0.717, 1.165) is 36.9 Å². The number of aromatic nitrogens is 1. The third kappa shape index (κ3) is 5.88. The van der Waals surface area contributed by atoms with Gasteiger partial charge in [-0.2, -0.15) is 0 Å². The van der Waals surface area contributed by atoms with Gasteiger partial charge in [0.1, 0.15) is 5.76 Å². The van der Waals surface area contributed by atoms with Crippen LogP contribution in [0.25, 0.3) is 43.6 Å². The smallest absolute Gasteiger partial charge is 0.164 e. The molecule has 0 fully saturated rings. The molecule has 45 heavy (non-hydrogen) atoms. The summed E-state index contributed by atoms with van der Waals surface area (Å²) >= 11 is 0. The van der Waals surface area contributed by atoms with Crippen LogP contribution in [0.15, 0.2) is 84.8 Å². The Bertz CT molecular complexity index is 1890. The van der Waals surface area contributed by atoms with Gasteiger partial charge in [-0.15, -0.1) is 35.4 Å². The Hall–Kier alpha value is -3.33. The first kappa shape index (κ1) is 34.5. The van der Waals surface area contributed by atoms with Crippen molar-refractivity contribution in [2.24, 2.45) is 10.8 Å². The molecule has 0 amide bonds. The van der Waals surface area contributed by atoms with Crippen molar-refractivity contribution in [1.29, 1.82) is 0 Å². The molecule has 4 heteroatoms. The first-order valence-corrected chi connectivity index (χ1v) is 16.2. The van der Waals surface area contributed by atoms with Crippen molar-refractivity contribution in [2.75, 3.05) is 0 Å². The number of carbonyl (C=O) groups is 1. The quantitative estimate of drug-likeness (QED) is 0.0775. The zero-order valence-corrected chi connectivity index (χ0v) is 30.4. The van der Waals surface area contributed by atoms with Crippen molar-refractivity contribution < 1.29 is 30.0 Å². The molecule has 0 spiro atoms. The van der Waals surface area contributed by atoms with E-state index in [1.54, 1.807) is 0 Å². The average molecular weight is 777 g/mol. The molecule has 3 nitrogen and oxygen atoms in total. The van der Waals surface area contributed by atoms with E-state index in [1.165, 1.54) is 49.5 Å². The van der Waals surface area contributed by atoms with Crippen molar-refractivity contribution >= 4 is 38.1 Å². The fraction of sp³-hybridized carbons (Fsp3) is 0.366. The molecule has 0 saturated heterocycles. The Morgan fingerprint density at radius 3 is 2.16 bits per heavy atom. The predicted molar refractivity (Wildman–Crippen MR) is 186 cm³/mol. The van der Waals surface area contributed by atoms with E-state index in [4.69, 9.17) is 4.98 Å². The summed E-state index contributed by atoms with van der Waals surface area (Å²) in [7, 11) is 0. The second kappa shape index (κ2) is 13.2. The van der Waals surface area contributed by atoms with Crippen LogP contribution in [-0.4, -0.2) is 15.9 Å². The minimum absolute atomic E-state index is 0. The van der Waals surface area contributed by atoms with Crippen LogP contribution in [0.1, 0.15) is 92.2 Å². The van der Waals surface area contributed by atoms with Crippen molar-refractivity contribution in [2.45, 2.75) is 86.5 Å². The second-order valence-corrected chi connectivity index (χ2v) is 13.4. The van der Waals surface area contributed by atoms with Crippen LogP contribution < -0.4 is 0 Å². The van der Waals surface area contributed by atoms with Crippen LogP contribution in [0.5, 0.6) is 0 Å². The Kier molecular flexibility index (Phi) is 10.1. The molecular weight excluding hydrogens is 731 g/mol. The molecular formula is C41H46IrNO2-. The largest absolute Gasteiger partial charge is 0.512 e. The molecule has 1 aliphatic carbocycles. The molecule has 0 aliphatic heterocycles. The number of pyridine rings is 1. The van der Waals surface area contributed by atoms with Crippen LogP contribution in [0.3, 0.4) is 0 Å². The van der Waals surface area contributed by atoms with E-state index in [2.05, 4.69) is 80.6 Å². The number of fused-ring (bicyclic) bond motifs is 6. The van der Waals surface area contributed by atoms with Crippen molar-refractivity contribution in [3.05, 3.63) is 102 Å². The molecule has 1 aromatic heterocycles. The van der Waals surface area contributed by atoms with Gasteiger partial charge in [0.25, 0.3) is 0 Å². The second-order valence-electron chi connectivity index (χ2n) is 13.4. The summed E-state index contributed by atoms with van der Waals surface area (Å²) in [5.74, 6) is 0.286. The van der Waals surface area contributed by atoms with Gasteiger partial charge in [-0.1, -0.05) is 97.9 Å². The zero-order valence-electron chi connectivity index (χ0n) is 28.0. The summed E-state index contributed by atoms with van der Waals surface area (Å²) in [5.41, 5.74) is 4.17. The van der Waals surface area contributed by atoms with E-state index in [1.807, 2.05) is 53.8 Å². The van der Waals surface area contributed by atoms with Crippen molar-refractivity contribution in [3.8, 4) is 11.3 Å². The monoisotopic (exact) mass is 777 g/mol. The minimum atomic E-state index is -0.337. The van der Waals surface area contributed by atoms with Crippen molar-refractivity contribution in [1.82, 2.24) is 4.98 Å². The van der Waals surface area contributed by atoms with E-state index in [9.17, 15) is 9.90 Å². The number of aliphatic hydroxyl groups is 1. The molecule has 1 aliphatic rings. The molecule has 6 rings (SSSR count). The molecule has 4 aromatic carbocycles. The first-order valence-electron chi connectivity index (χ1n) is 16.2. The van der Waals surface area contributed by atoms with Crippen LogP contribution >= 0.6 is 0 Å².